The predicted octanol–water partition coefficient (Wildman–Crippen LogP) is 3.70. The van der Waals surface area contributed by atoms with Crippen LogP contribution in [0.2, 0.25) is 0 Å². The summed E-state index contributed by atoms with van der Waals surface area (Å²) in [7, 11) is 0. The first kappa shape index (κ1) is 23.0. The highest BCUT2D eigenvalue weighted by molar-refractivity contribution is 5.78. The molecular formula is C26H35NO5. The average Bonchev–Trinajstić information content (AvgIpc) is 3.06. The number of esters is 2. The highest BCUT2D eigenvalue weighted by Crippen LogP contribution is 2.54. The molecule has 1 saturated heterocycles. The number of hydrogen-bond donors (Lipinski definition) is 2. The van der Waals surface area contributed by atoms with Gasteiger partial charge in [-0.2, -0.15) is 0 Å². The van der Waals surface area contributed by atoms with Crippen LogP contribution in [0.4, 0.5) is 0 Å². The molecule has 2 N–H and O–H groups in total. The summed E-state index contributed by atoms with van der Waals surface area (Å²) in [6.07, 6.45) is 4.08. The fraction of sp³-hybridized carbons (Fsp3) is 0.615. The number of aliphatic hydroxyl groups excluding tert-OH is 1. The Balaban J connectivity index is 1.50. The Bertz CT molecular complexity index is 881. The second kappa shape index (κ2) is 9.36. The van der Waals surface area contributed by atoms with E-state index < -0.39 is 18.1 Å². The molecule has 174 valence electrons. The molecule has 0 radical (unpaired) electrons. The van der Waals surface area contributed by atoms with Crippen LogP contribution in [0.5, 0.6) is 0 Å². The van der Waals surface area contributed by atoms with Crippen LogP contribution in [0.15, 0.2) is 41.5 Å². The second-order valence-corrected chi connectivity index (χ2v) is 9.82. The van der Waals surface area contributed by atoms with Gasteiger partial charge in [-0.05, 0) is 56.9 Å². The maximum absolute atomic E-state index is 12.8. The molecule has 0 bridgehead atoms. The van der Waals surface area contributed by atoms with Crippen molar-refractivity contribution in [3.8, 4) is 0 Å². The molecule has 6 nitrogen and oxygen atoms in total. The predicted molar refractivity (Wildman–Crippen MR) is 121 cm³/mol. The minimum Gasteiger partial charge on any atom is -0.465 e. The summed E-state index contributed by atoms with van der Waals surface area (Å²) >= 11 is 0. The van der Waals surface area contributed by atoms with E-state index in [1.54, 1.807) is 19.1 Å². The van der Waals surface area contributed by atoms with Crippen molar-refractivity contribution in [2.75, 3.05) is 13.2 Å². The molecule has 1 aliphatic heterocycles. The van der Waals surface area contributed by atoms with E-state index in [-0.39, 0.29) is 42.5 Å². The summed E-state index contributed by atoms with van der Waals surface area (Å²) in [5, 5.41) is 14.0. The average molecular weight is 442 g/mol. The number of benzene rings is 1. The first-order valence-corrected chi connectivity index (χ1v) is 11.9. The van der Waals surface area contributed by atoms with Gasteiger partial charge >= 0.3 is 11.9 Å². The zero-order chi connectivity index (χ0) is 22.9. The lowest BCUT2D eigenvalue weighted by atomic mass is 9.59. The van der Waals surface area contributed by atoms with E-state index in [2.05, 4.69) is 19.2 Å². The number of fused-ring (bicyclic) bond motifs is 2. The Kier molecular flexibility index (Phi) is 6.72. The third-order valence-corrected chi connectivity index (χ3v) is 7.74. The van der Waals surface area contributed by atoms with Gasteiger partial charge in [0.15, 0.2) is 0 Å². The number of ether oxygens (including phenoxy) is 2. The van der Waals surface area contributed by atoms with E-state index in [1.165, 1.54) is 17.6 Å². The van der Waals surface area contributed by atoms with Crippen molar-refractivity contribution in [3.05, 3.63) is 47.0 Å². The third kappa shape index (κ3) is 4.35. The summed E-state index contributed by atoms with van der Waals surface area (Å²) in [6.45, 7) is 6.78. The van der Waals surface area contributed by atoms with Crippen LogP contribution in [0.3, 0.4) is 0 Å². The second-order valence-electron chi connectivity index (χ2n) is 9.82. The molecule has 0 aromatic heterocycles. The molecule has 32 heavy (non-hydrogen) atoms. The Morgan fingerprint density at radius 3 is 2.81 bits per heavy atom. The highest BCUT2D eigenvalue weighted by Gasteiger charge is 2.53. The summed E-state index contributed by atoms with van der Waals surface area (Å²) in [6, 6.07) is 8.10. The normalized spacial score (nSPS) is 31.4. The van der Waals surface area contributed by atoms with Crippen molar-refractivity contribution in [2.24, 2.45) is 17.3 Å². The van der Waals surface area contributed by atoms with Crippen LogP contribution in [0.25, 0.3) is 0 Å². The van der Waals surface area contributed by atoms with Crippen LogP contribution in [-0.2, 0) is 19.1 Å². The lowest BCUT2D eigenvalue weighted by Crippen LogP contribution is -2.47. The van der Waals surface area contributed by atoms with Gasteiger partial charge in [-0.15, -0.1) is 0 Å². The number of rotatable bonds is 7. The Morgan fingerprint density at radius 1 is 1.34 bits per heavy atom. The molecule has 0 spiro atoms. The van der Waals surface area contributed by atoms with Crippen molar-refractivity contribution >= 4 is 11.9 Å². The summed E-state index contributed by atoms with van der Waals surface area (Å²) < 4.78 is 11.0. The molecule has 6 unspecified atom stereocenters. The van der Waals surface area contributed by atoms with Crippen LogP contribution < -0.4 is 5.32 Å². The first-order chi connectivity index (χ1) is 15.3. The topological polar surface area (TPSA) is 84.9 Å². The lowest BCUT2D eigenvalue weighted by Gasteiger charge is -2.45. The van der Waals surface area contributed by atoms with Gasteiger partial charge in [0.2, 0.25) is 0 Å². The van der Waals surface area contributed by atoms with Crippen molar-refractivity contribution in [2.45, 2.75) is 71.1 Å². The maximum atomic E-state index is 12.8. The highest BCUT2D eigenvalue weighted by atomic mass is 16.6. The maximum Gasteiger partial charge on any atom is 0.326 e. The standard InChI is InChI=1S/C26H35NO5/c1-4-31-25(30)22(23(28)17-10-6-5-7-11-17)27-15-19-18-13-20-16(2)9-8-12-26(20,3)14-21(18)32-24(19)29/h5-7,10-11,18-19,21-23,27-28H,4,8-9,12-15H2,1-3H3. The van der Waals surface area contributed by atoms with Gasteiger partial charge in [0.1, 0.15) is 18.2 Å². The van der Waals surface area contributed by atoms with Gasteiger partial charge in [0.25, 0.3) is 0 Å². The van der Waals surface area contributed by atoms with Crippen LogP contribution >= 0.6 is 0 Å². The third-order valence-electron chi connectivity index (χ3n) is 7.74. The molecule has 1 saturated carbocycles. The summed E-state index contributed by atoms with van der Waals surface area (Å²) in [5.41, 5.74) is 3.72. The Labute approximate surface area is 190 Å². The molecule has 1 heterocycles. The van der Waals surface area contributed by atoms with Crippen LogP contribution in [-0.4, -0.2) is 42.3 Å². The zero-order valence-electron chi connectivity index (χ0n) is 19.3. The van der Waals surface area contributed by atoms with Crippen LogP contribution in [0, 0.1) is 17.3 Å². The van der Waals surface area contributed by atoms with Crippen molar-refractivity contribution in [3.63, 3.8) is 0 Å². The van der Waals surface area contributed by atoms with Gasteiger partial charge in [0.05, 0.1) is 12.5 Å². The van der Waals surface area contributed by atoms with Gasteiger partial charge in [0, 0.05) is 12.5 Å². The number of nitrogens with one attached hydrogen (secondary N) is 1. The van der Waals surface area contributed by atoms with Gasteiger partial charge in [-0.1, -0.05) is 48.4 Å². The zero-order valence-corrected chi connectivity index (χ0v) is 19.3. The molecule has 3 aliphatic rings. The number of allylic oxidation sites excluding steroid dienone is 2. The van der Waals surface area contributed by atoms with Crippen molar-refractivity contribution in [1.82, 2.24) is 5.32 Å². The largest absolute Gasteiger partial charge is 0.465 e. The number of carbonyl (C=O) groups excluding carboxylic acids is 2. The molecule has 4 rings (SSSR count). The SMILES string of the molecule is CCOC(=O)C(NCC1C(=O)OC2CC3(C)CCCC(C)=C3CC21)C(O)c1ccccc1. The van der Waals surface area contributed by atoms with Gasteiger partial charge < -0.3 is 19.9 Å². The molecule has 6 heteroatoms. The number of carbonyl (C=O) groups is 2. The minimum absolute atomic E-state index is 0.0750. The fourth-order valence-corrected chi connectivity index (χ4v) is 6.00. The number of aliphatic hydroxyl groups is 1. The first-order valence-electron chi connectivity index (χ1n) is 11.9. The molecular weight excluding hydrogens is 406 g/mol. The van der Waals surface area contributed by atoms with Gasteiger partial charge in [-0.3, -0.25) is 9.59 Å². The van der Waals surface area contributed by atoms with Crippen LogP contribution in [0.1, 0.15) is 64.5 Å². The smallest absolute Gasteiger partial charge is 0.326 e. The Hall–Kier alpha value is -2.18. The van der Waals surface area contributed by atoms with E-state index in [4.69, 9.17) is 9.47 Å². The van der Waals surface area contributed by atoms with Gasteiger partial charge in [-0.25, -0.2) is 0 Å². The van der Waals surface area contributed by atoms with Crippen molar-refractivity contribution < 1.29 is 24.2 Å². The fourth-order valence-electron chi connectivity index (χ4n) is 6.00. The molecule has 6 atom stereocenters. The monoisotopic (exact) mass is 441 g/mol. The van der Waals surface area contributed by atoms with Crippen molar-refractivity contribution in [1.29, 1.82) is 0 Å². The molecule has 0 amide bonds. The van der Waals surface area contributed by atoms with E-state index >= 15 is 0 Å². The quantitative estimate of drug-likeness (QED) is 0.496. The van der Waals surface area contributed by atoms with E-state index in [0.29, 0.717) is 5.56 Å². The van der Waals surface area contributed by atoms with E-state index in [0.717, 1.165) is 25.7 Å². The summed E-state index contributed by atoms with van der Waals surface area (Å²) in [4.78, 5) is 25.5. The van der Waals surface area contributed by atoms with E-state index in [1.807, 2.05) is 18.2 Å². The molecule has 2 fully saturated rings. The molecule has 1 aromatic rings. The van der Waals surface area contributed by atoms with E-state index in [9.17, 15) is 14.7 Å². The summed E-state index contributed by atoms with van der Waals surface area (Å²) in [5.74, 6) is -0.965. The lowest BCUT2D eigenvalue weighted by molar-refractivity contribution is -0.150. The number of hydrogen-bond acceptors (Lipinski definition) is 6. The molecule has 1 aromatic carbocycles. The Morgan fingerprint density at radius 2 is 2.09 bits per heavy atom. The minimum atomic E-state index is -1.07. The molecule has 2 aliphatic carbocycles.